The van der Waals surface area contributed by atoms with Crippen LogP contribution in [0.4, 0.5) is 5.69 Å². The fourth-order valence-electron chi connectivity index (χ4n) is 2.42. The van der Waals surface area contributed by atoms with Gasteiger partial charge in [-0.2, -0.15) is 0 Å². The van der Waals surface area contributed by atoms with Crippen LogP contribution in [-0.4, -0.2) is 49.2 Å². The van der Waals surface area contributed by atoms with Gasteiger partial charge >= 0.3 is 0 Å². The molecular formula is C23H30N4O4. The summed E-state index contributed by atoms with van der Waals surface area (Å²) in [4.78, 5) is 36.9. The van der Waals surface area contributed by atoms with Gasteiger partial charge in [0.2, 0.25) is 0 Å². The summed E-state index contributed by atoms with van der Waals surface area (Å²) in [6, 6.07) is 13.9. The fraction of sp³-hybridized carbons (Fsp3) is 0.261. The van der Waals surface area contributed by atoms with Crippen molar-refractivity contribution in [3.05, 3.63) is 71.1 Å². The van der Waals surface area contributed by atoms with Gasteiger partial charge in [0.25, 0.3) is 11.8 Å². The molecule has 1 aliphatic rings. The first-order valence-corrected chi connectivity index (χ1v) is 9.86. The summed E-state index contributed by atoms with van der Waals surface area (Å²) in [5.41, 5.74) is 1.23. The highest BCUT2D eigenvalue weighted by molar-refractivity contribution is 6.20. The molecule has 0 aliphatic carbocycles. The van der Waals surface area contributed by atoms with E-state index in [1.807, 2.05) is 70.2 Å². The quantitative estimate of drug-likeness (QED) is 0.319. The molecule has 2 amide bonds. The summed E-state index contributed by atoms with van der Waals surface area (Å²) in [7, 11) is 6.00. The van der Waals surface area contributed by atoms with Crippen LogP contribution in [0, 0.1) is 0 Å². The minimum atomic E-state index is -0.614. The van der Waals surface area contributed by atoms with E-state index in [2.05, 4.69) is 16.0 Å². The number of phenols is 1. The molecular weight excluding hydrogens is 396 g/mol. The van der Waals surface area contributed by atoms with Crippen molar-refractivity contribution in [1.29, 1.82) is 0 Å². The maximum Gasteiger partial charge on any atom is 0.276 e. The number of hydrogen-bond acceptors (Lipinski definition) is 7. The highest BCUT2D eigenvalue weighted by Gasteiger charge is 2.31. The van der Waals surface area contributed by atoms with E-state index in [0.717, 1.165) is 5.56 Å². The summed E-state index contributed by atoms with van der Waals surface area (Å²) in [5.74, 6) is -1.47. The van der Waals surface area contributed by atoms with E-state index in [1.54, 1.807) is 6.07 Å². The number of nitrogens with one attached hydrogen (secondary N) is 3. The normalized spacial score (nSPS) is 12.3. The highest BCUT2D eigenvalue weighted by atomic mass is 16.3. The maximum atomic E-state index is 12.0. The number of carbonyl (C=O) groups is 3. The summed E-state index contributed by atoms with van der Waals surface area (Å²) in [6.45, 7) is 4.35. The molecule has 2 aromatic rings. The van der Waals surface area contributed by atoms with Crippen molar-refractivity contribution >= 4 is 23.8 Å². The Bertz CT molecular complexity index is 922. The standard InChI is InChI=1S/C18H15N3O4.C3H9N.C2H6/c22-10-12-7-4-8-13(16(12)23)20-15-14(17(24)21-18(15)25)19-9-11-5-2-1-3-6-11;1-4(2)3;1-2/h1-8,10,23H,9H2,(H3,19,20,21,24,25);1-3H3;1-2H3. The van der Waals surface area contributed by atoms with Gasteiger partial charge in [0, 0.05) is 6.54 Å². The van der Waals surface area contributed by atoms with Crippen molar-refractivity contribution in [3.8, 4) is 5.75 Å². The minimum Gasteiger partial charge on any atom is -0.505 e. The second-order valence-corrected chi connectivity index (χ2v) is 6.70. The molecule has 0 aromatic heterocycles. The van der Waals surface area contributed by atoms with Crippen molar-refractivity contribution in [2.45, 2.75) is 20.4 Å². The lowest BCUT2D eigenvalue weighted by molar-refractivity contribution is -0.124. The Balaban J connectivity index is 0.000000720. The van der Waals surface area contributed by atoms with Gasteiger partial charge in [-0.05, 0) is 38.8 Å². The van der Waals surface area contributed by atoms with E-state index in [9.17, 15) is 19.5 Å². The summed E-state index contributed by atoms with van der Waals surface area (Å²) in [6.07, 6.45) is 0.503. The average molecular weight is 427 g/mol. The molecule has 2 aromatic carbocycles. The second-order valence-electron chi connectivity index (χ2n) is 6.70. The number of amides is 2. The van der Waals surface area contributed by atoms with E-state index in [-0.39, 0.29) is 28.4 Å². The number of aromatic hydroxyl groups is 1. The molecule has 166 valence electrons. The number of phenolic OH excluding ortho intramolecular Hbond substituents is 1. The number of para-hydroxylation sites is 1. The molecule has 4 N–H and O–H groups in total. The lowest BCUT2D eigenvalue weighted by Gasteiger charge is -2.11. The van der Waals surface area contributed by atoms with Gasteiger partial charge in [0.15, 0.2) is 6.29 Å². The molecule has 1 aliphatic heterocycles. The van der Waals surface area contributed by atoms with Crippen molar-refractivity contribution in [2.24, 2.45) is 0 Å². The van der Waals surface area contributed by atoms with Crippen LogP contribution in [0.2, 0.25) is 0 Å². The van der Waals surface area contributed by atoms with E-state index in [1.165, 1.54) is 12.1 Å². The largest absolute Gasteiger partial charge is 0.505 e. The molecule has 0 spiro atoms. The molecule has 0 unspecified atom stereocenters. The van der Waals surface area contributed by atoms with Crippen LogP contribution in [0.15, 0.2) is 59.9 Å². The molecule has 3 rings (SSSR count). The Hall–Kier alpha value is -3.65. The van der Waals surface area contributed by atoms with Gasteiger partial charge in [-0.15, -0.1) is 0 Å². The zero-order chi connectivity index (χ0) is 23.4. The van der Waals surface area contributed by atoms with Crippen molar-refractivity contribution in [3.63, 3.8) is 0 Å². The van der Waals surface area contributed by atoms with Crippen LogP contribution in [0.5, 0.6) is 5.75 Å². The SMILES string of the molecule is CC.CN(C)C.O=Cc1cccc(NC2=C(NCc3ccccc3)C(=O)NC2=O)c1O. The Labute approximate surface area is 183 Å². The highest BCUT2D eigenvalue weighted by Crippen LogP contribution is 2.28. The Kier molecular flexibility index (Phi) is 10.5. The van der Waals surface area contributed by atoms with E-state index < -0.39 is 11.8 Å². The Morgan fingerprint density at radius 1 is 0.935 bits per heavy atom. The molecule has 0 radical (unpaired) electrons. The smallest absolute Gasteiger partial charge is 0.276 e. The first-order chi connectivity index (χ1) is 14.8. The topological polar surface area (TPSA) is 111 Å². The first-order valence-electron chi connectivity index (χ1n) is 9.86. The number of benzene rings is 2. The van der Waals surface area contributed by atoms with Gasteiger partial charge in [-0.1, -0.05) is 50.2 Å². The van der Waals surface area contributed by atoms with E-state index in [0.29, 0.717) is 12.8 Å². The number of aldehydes is 1. The summed E-state index contributed by atoms with van der Waals surface area (Å²) in [5, 5.41) is 17.9. The third-order valence-corrected chi connectivity index (χ3v) is 3.70. The molecule has 0 saturated carbocycles. The number of hydrogen-bond donors (Lipinski definition) is 4. The monoisotopic (exact) mass is 426 g/mol. The van der Waals surface area contributed by atoms with Gasteiger partial charge in [0.05, 0.1) is 11.3 Å². The van der Waals surface area contributed by atoms with Crippen LogP contribution < -0.4 is 16.0 Å². The lowest BCUT2D eigenvalue weighted by atomic mass is 10.2. The number of carbonyl (C=O) groups excluding carboxylic acids is 3. The van der Waals surface area contributed by atoms with Crippen LogP contribution in [0.25, 0.3) is 0 Å². The van der Waals surface area contributed by atoms with Gasteiger partial charge in [-0.25, -0.2) is 0 Å². The zero-order valence-corrected chi connectivity index (χ0v) is 18.5. The predicted octanol–water partition coefficient (Wildman–Crippen LogP) is 2.48. The molecule has 8 heteroatoms. The third kappa shape index (κ3) is 7.60. The fourth-order valence-corrected chi connectivity index (χ4v) is 2.42. The molecule has 0 fully saturated rings. The summed E-state index contributed by atoms with van der Waals surface area (Å²) < 4.78 is 0. The number of imide groups is 1. The summed E-state index contributed by atoms with van der Waals surface area (Å²) >= 11 is 0. The number of nitrogens with zero attached hydrogens (tertiary/aromatic N) is 1. The third-order valence-electron chi connectivity index (χ3n) is 3.70. The predicted molar refractivity (Wildman–Crippen MR) is 122 cm³/mol. The molecule has 8 nitrogen and oxygen atoms in total. The van der Waals surface area contributed by atoms with Gasteiger partial charge in [0.1, 0.15) is 17.1 Å². The number of rotatable bonds is 6. The van der Waals surface area contributed by atoms with Crippen LogP contribution in [0.1, 0.15) is 29.8 Å². The van der Waals surface area contributed by atoms with Crippen LogP contribution in [-0.2, 0) is 16.1 Å². The molecule has 1 heterocycles. The number of anilines is 1. The lowest BCUT2D eigenvalue weighted by Crippen LogP contribution is -2.27. The maximum absolute atomic E-state index is 12.0. The average Bonchev–Trinajstić information content (AvgIpc) is 3.02. The van der Waals surface area contributed by atoms with E-state index in [4.69, 9.17) is 0 Å². The van der Waals surface area contributed by atoms with Gasteiger partial charge in [-0.3, -0.25) is 19.7 Å². The Morgan fingerprint density at radius 2 is 1.52 bits per heavy atom. The first kappa shape index (κ1) is 25.4. The second kappa shape index (κ2) is 12.8. The zero-order valence-electron chi connectivity index (χ0n) is 18.5. The van der Waals surface area contributed by atoms with Gasteiger partial charge < -0.3 is 20.6 Å². The van der Waals surface area contributed by atoms with Crippen LogP contribution >= 0.6 is 0 Å². The van der Waals surface area contributed by atoms with E-state index >= 15 is 0 Å². The van der Waals surface area contributed by atoms with Crippen LogP contribution in [0.3, 0.4) is 0 Å². The van der Waals surface area contributed by atoms with Crippen molar-refractivity contribution < 1.29 is 19.5 Å². The molecule has 31 heavy (non-hydrogen) atoms. The Morgan fingerprint density at radius 3 is 2.10 bits per heavy atom. The molecule has 0 saturated heterocycles. The van der Waals surface area contributed by atoms with Crippen molar-refractivity contribution in [2.75, 3.05) is 26.5 Å². The van der Waals surface area contributed by atoms with Crippen molar-refractivity contribution in [1.82, 2.24) is 15.5 Å². The minimum absolute atomic E-state index is 0.0146. The molecule has 0 atom stereocenters. The molecule has 0 bridgehead atoms.